The average molecular weight is 297 g/mol. The number of methoxy groups -OCH3 is 1. The predicted octanol–water partition coefficient (Wildman–Crippen LogP) is 2.98. The Balaban J connectivity index is 1.43. The summed E-state index contributed by atoms with van der Waals surface area (Å²) in [4.78, 5) is 28.6. The van der Waals surface area contributed by atoms with Gasteiger partial charge >= 0.3 is 5.97 Å². The quantitative estimate of drug-likeness (QED) is 0.485. The monoisotopic (exact) mass is 297 g/mol. The molecule has 1 heterocycles. The summed E-state index contributed by atoms with van der Waals surface area (Å²) in [5, 5.41) is 1.64. The Morgan fingerprint density at radius 2 is 1.71 bits per heavy atom. The molecule has 2 bridgehead atoms. The summed E-state index contributed by atoms with van der Waals surface area (Å²) in [6, 6.07) is 0.348. The molecule has 2 aliphatic rings. The number of hydroxylamine groups is 2. The minimum atomic E-state index is -0.125. The zero-order chi connectivity index (χ0) is 15.1. The van der Waals surface area contributed by atoms with E-state index in [1.807, 2.05) is 0 Å². The van der Waals surface area contributed by atoms with Crippen LogP contribution in [0.15, 0.2) is 0 Å². The van der Waals surface area contributed by atoms with Gasteiger partial charge in [-0.2, -0.15) is 0 Å². The first kappa shape index (κ1) is 16.3. The molecule has 1 aliphatic heterocycles. The first-order chi connectivity index (χ1) is 10.2. The molecule has 1 saturated carbocycles. The van der Waals surface area contributed by atoms with Crippen LogP contribution in [0.1, 0.15) is 70.6 Å². The van der Waals surface area contributed by atoms with Gasteiger partial charge in [-0.1, -0.05) is 25.7 Å². The van der Waals surface area contributed by atoms with Crippen LogP contribution in [0.2, 0.25) is 0 Å². The van der Waals surface area contributed by atoms with Crippen molar-refractivity contribution in [3.8, 4) is 0 Å². The molecular weight excluding hydrogens is 270 g/mol. The number of hydrogen-bond acceptors (Lipinski definition) is 4. The van der Waals surface area contributed by atoms with E-state index in [-0.39, 0.29) is 11.9 Å². The number of amides is 1. The molecule has 5 nitrogen and oxygen atoms in total. The van der Waals surface area contributed by atoms with Gasteiger partial charge in [0.25, 0.3) is 0 Å². The van der Waals surface area contributed by atoms with Crippen LogP contribution >= 0.6 is 0 Å². The van der Waals surface area contributed by atoms with E-state index in [9.17, 15) is 9.59 Å². The first-order valence-corrected chi connectivity index (χ1v) is 8.26. The van der Waals surface area contributed by atoms with Crippen molar-refractivity contribution in [1.29, 1.82) is 0 Å². The molecule has 0 aromatic heterocycles. The molecule has 1 saturated heterocycles. The number of rotatable bonds is 9. The van der Waals surface area contributed by atoms with Gasteiger partial charge in [0.2, 0.25) is 5.91 Å². The highest BCUT2D eigenvalue weighted by Gasteiger charge is 2.41. The maximum Gasteiger partial charge on any atom is 0.305 e. The minimum Gasteiger partial charge on any atom is -0.469 e. The summed E-state index contributed by atoms with van der Waals surface area (Å²) in [7, 11) is 1.43. The fourth-order valence-corrected chi connectivity index (χ4v) is 3.20. The lowest BCUT2D eigenvalue weighted by Crippen LogP contribution is -2.36. The van der Waals surface area contributed by atoms with Gasteiger partial charge in [0.15, 0.2) is 0 Å². The molecule has 0 spiro atoms. The Labute approximate surface area is 126 Å². The van der Waals surface area contributed by atoms with E-state index in [2.05, 4.69) is 4.74 Å². The van der Waals surface area contributed by atoms with Crippen molar-refractivity contribution in [2.45, 2.75) is 82.8 Å². The van der Waals surface area contributed by atoms with Crippen LogP contribution in [0.25, 0.3) is 0 Å². The molecule has 1 amide bonds. The lowest BCUT2D eigenvalue weighted by Gasteiger charge is -2.25. The second kappa shape index (κ2) is 8.37. The number of ether oxygens (including phenoxy) is 1. The standard InChI is InChI=1S/C16H27NO4/c1-20-16(19)9-7-5-3-2-4-6-8-15(18)17-13-10-11-14(12-13)21-17/h13-14H,2-12H2,1H3/t13-,14+/m0/s1. The van der Waals surface area contributed by atoms with E-state index >= 15 is 0 Å². The molecule has 2 rings (SSSR count). The lowest BCUT2D eigenvalue weighted by molar-refractivity contribution is -0.199. The SMILES string of the molecule is COC(=O)CCCCCCCCC(=O)N1O[C@@H]2CC[C@H]1C2. The second-order valence-electron chi connectivity index (χ2n) is 6.11. The first-order valence-electron chi connectivity index (χ1n) is 8.26. The lowest BCUT2D eigenvalue weighted by atomic mass is 10.1. The van der Waals surface area contributed by atoms with Gasteiger partial charge in [0, 0.05) is 12.8 Å². The maximum absolute atomic E-state index is 12.0. The van der Waals surface area contributed by atoms with Crippen molar-refractivity contribution in [3.05, 3.63) is 0 Å². The van der Waals surface area contributed by atoms with Crippen LogP contribution in [-0.2, 0) is 19.2 Å². The molecule has 0 aromatic rings. The third kappa shape index (κ3) is 4.99. The van der Waals surface area contributed by atoms with Gasteiger partial charge in [0.1, 0.15) is 0 Å². The van der Waals surface area contributed by atoms with Crippen molar-refractivity contribution in [3.63, 3.8) is 0 Å². The zero-order valence-electron chi connectivity index (χ0n) is 13.0. The van der Waals surface area contributed by atoms with E-state index in [4.69, 9.17) is 4.84 Å². The molecule has 120 valence electrons. The summed E-state index contributed by atoms with van der Waals surface area (Å²) < 4.78 is 4.60. The van der Waals surface area contributed by atoms with Crippen LogP contribution in [0.3, 0.4) is 0 Å². The Bertz CT molecular complexity index is 358. The van der Waals surface area contributed by atoms with Crippen molar-refractivity contribution >= 4 is 11.9 Å². The van der Waals surface area contributed by atoms with Crippen LogP contribution < -0.4 is 0 Å². The Hall–Kier alpha value is -1.10. The Kier molecular flexibility index (Phi) is 6.49. The summed E-state index contributed by atoms with van der Waals surface area (Å²) in [6.07, 6.45) is 10.9. The Morgan fingerprint density at radius 1 is 1.05 bits per heavy atom. The average Bonchev–Trinajstić information content (AvgIpc) is 3.12. The third-order valence-electron chi connectivity index (χ3n) is 4.45. The topological polar surface area (TPSA) is 55.8 Å². The second-order valence-corrected chi connectivity index (χ2v) is 6.11. The third-order valence-corrected chi connectivity index (χ3v) is 4.45. The van der Waals surface area contributed by atoms with Gasteiger partial charge in [-0.15, -0.1) is 0 Å². The number of fused-ring (bicyclic) bond motifs is 2. The molecule has 1 aliphatic carbocycles. The molecule has 5 heteroatoms. The highest BCUT2D eigenvalue weighted by molar-refractivity contribution is 5.75. The van der Waals surface area contributed by atoms with Crippen molar-refractivity contribution in [1.82, 2.24) is 5.06 Å². The fourth-order valence-electron chi connectivity index (χ4n) is 3.20. The normalized spacial score (nSPS) is 23.6. The van der Waals surface area contributed by atoms with Crippen LogP contribution in [0, 0.1) is 0 Å². The molecule has 0 unspecified atom stereocenters. The highest BCUT2D eigenvalue weighted by atomic mass is 16.7. The van der Waals surface area contributed by atoms with Crippen LogP contribution in [0.5, 0.6) is 0 Å². The van der Waals surface area contributed by atoms with E-state index < -0.39 is 0 Å². The summed E-state index contributed by atoms with van der Waals surface area (Å²) >= 11 is 0. The van der Waals surface area contributed by atoms with Gasteiger partial charge < -0.3 is 4.74 Å². The van der Waals surface area contributed by atoms with E-state index in [0.29, 0.717) is 25.0 Å². The summed E-state index contributed by atoms with van der Waals surface area (Å²) in [5.74, 6) is 0.0356. The van der Waals surface area contributed by atoms with Crippen LogP contribution in [-0.4, -0.2) is 36.2 Å². The molecule has 2 atom stereocenters. The van der Waals surface area contributed by atoms with Crippen molar-refractivity contribution < 1.29 is 19.2 Å². The molecular formula is C16H27NO4. The summed E-state index contributed by atoms with van der Waals surface area (Å²) in [6.45, 7) is 0. The predicted molar refractivity (Wildman–Crippen MR) is 78.3 cm³/mol. The van der Waals surface area contributed by atoms with E-state index in [1.165, 1.54) is 7.11 Å². The molecule has 0 N–H and O–H groups in total. The van der Waals surface area contributed by atoms with Gasteiger partial charge in [-0.25, -0.2) is 5.06 Å². The highest BCUT2D eigenvalue weighted by Crippen LogP contribution is 2.35. The number of unbranched alkanes of at least 4 members (excludes halogenated alkanes) is 5. The zero-order valence-corrected chi connectivity index (χ0v) is 13.0. The van der Waals surface area contributed by atoms with Crippen LogP contribution in [0.4, 0.5) is 0 Å². The largest absolute Gasteiger partial charge is 0.469 e. The summed E-state index contributed by atoms with van der Waals surface area (Å²) in [5.41, 5.74) is 0. The van der Waals surface area contributed by atoms with Crippen molar-refractivity contribution in [2.24, 2.45) is 0 Å². The van der Waals surface area contributed by atoms with E-state index in [1.54, 1.807) is 5.06 Å². The molecule has 21 heavy (non-hydrogen) atoms. The maximum atomic E-state index is 12.0. The van der Waals surface area contributed by atoms with Gasteiger partial charge in [-0.05, 0) is 32.1 Å². The minimum absolute atomic E-state index is 0.125. The fraction of sp³-hybridized carbons (Fsp3) is 0.875. The molecule has 0 aromatic carbocycles. The number of hydrogen-bond donors (Lipinski definition) is 0. The van der Waals surface area contributed by atoms with E-state index in [0.717, 1.165) is 57.8 Å². The number of carbonyl (C=O) groups is 2. The molecule has 0 radical (unpaired) electrons. The smallest absolute Gasteiger partial charge is 0.305 e. The number of carbonyl (C=O) groups excluding carboxylic acids is 2. The van der Waals surface area contributed by atoms with Crippen molar-refractivity contribution in [2.75, 3.05) is 7.11 Å². The van der Waals surface area contributed by atoms with Gasteiger partial charge in [0.05, 0.1) is 19.3 Å². The Morgan fingerprint density at radius 3 is 2.29 bits per heavy atom. The van der Waals surface area contributed by atoms with Gasteiger partial charge in [-0.3, -0.25) is 14.4 Å². The number of nitrogens with zero attached hydrogens (tertiary/aromatic N) is 1. The molecule has 2 fully saturated rings. The number of esters is 1.